The monoisotopic (exact) mass is 123 g/mol. The van der Waals surface area contributed by atoms with Crippen molar-refractivity contribution in [2.45, 2.75) is 12.8 Å². The normalized spacial score (nSPS) is 10.5. The second-order valence-electron chi connectivity index (χ2n) is 1.35. The van der Waals surface area contributed by atoms with Crippen molar-refractivity contribution in [1.29, 1.82) is 0 Å². The van der Waals surface area contributed by atoms with Gasteiger partial charge in [0.2, 0.25) is 6.43 Å². The van der Waals surface area contributed by atoms with Crippen LogP contribution in [0.5, 0.6) is 0 Å². The molecule has 0 aromatic carbocycles. The van der Waals surface area contributed by atoms with E-state index in [0.29, 0.717) is 13.0 Å². The molecule has 0 saturated carbocycles. The largest absolute Gasteiger partial charge is 0.385 e. The topological polar surface area (TPSA) is 9.23 Å². The predicted molar refractivity (Wildman–Crippen MR) is 26.8 cm³/mol. The lowest BCUT2D eigenvalue weighted by atomic mass is 10.3. The fraction of sp³-hybridized carbons (Fsp3) is 0.800. The lowest BCUT2D eigenvalue weighted by Gasteiger charge is -1.95. The molecule has 0 aliphatic carbocycles. The van der Waals surface area contributed by atoms with E-state index in [0.717, 1.165) is 6.42 Å². The molecule has 0 aliphatic heterocycles. The van der Waals surface area contributed by atoms with Gasteiger partial charge in [-0.2, -0.15) is 0 Å². The van der Waals surface area contributed by atoms with Gasteiger partial charge in [-0.3, -0.25) is 0 Å². The molecule has 0 heterocycles. The fourth-order valence-electron chi connectivity index (χ4n) is 0.312. The van der Waals surface area contributed by atoms with Gasteiger partial charge < -0.3 is 4.74 Å². The first kappa shape index (κ1) is 7.82. The van der Waals surface area contributed by atoms with E-state index in [4.69, 9.17) is 0 Å². The molecule has 0 aliphatic rings. The van der Waals surface area contributed by atoms with Crippen molar-refractivity contribution in [1.82, 2.24) is 0 Å². The predicted octanol–water partition coefficient (Wildman–Crippen LogP) is 1.49. The Balaban J connectivity index is 2.72. The third-order valence-electron chi connectivity index (χ3n) is 0.667. The van der Waals surface area contributed by atoms with Crippen LogP contribution in [0.4, 0.5) is 8.78 Å². The molecule has 0 amide bonds. The van der Waals surface area contributed by atoms with Gasteiger partial charge in [0, 0.05) is 20.1 Å². The molecule has 3 heteroatoms. The average Bonchev–Trinajstić information content (AvgIpc) is 1.66. The van der Waals surface area contributed by atoms with Gasteiger partial charge in [0.15, 0.2) is 0 Å². The van der Waals surface area contributed by atoms with Crippen LogP contribution in [-0.2, 0) is 4.74 Å². The third-order valence-corrected chi connectivity index (χ3v) is 0.667. The summed E-state index contributed by atoms with van der Waals surface area (Å²) in [5.41, 5.74) is 0. The highest BCUT2D eigenvalue weighted by Gasteiger charge is 1.99. The van der Waals surface area contributed by atoms with Crippen molar-refractivity contribution in [2.75, 3.05) is 13.7 Å². The number of ether oxygens (including phenoxy) is 1. The average molecular weight is 123 g/mol. The Morgan fingerprint density at radius 2 is 2.25 bits per heavy atom. The molecule has 0 atom stereocenters. The Hall–Kier alpha value is -0.180. The number of alkyl halides is 2. The number of rotatable bonds is 4. The van der Waals surface area contributed by atoms with Gasteiger partial charge in [0.25, 0.3) is 0 Å². The van der Waals surface area contributed by atoms with Gasteiger partial charge in [0.1, 0.15) is 0 Å². The van der Waals surface area contributed by atoms with Crippen LogP contribution in [0.2, 0.25) is 0 Å². The third kappa shape index (κ3) is 5.82. The summed E-state index contributed by atoms with van der Waals surface area (Å²) in [6, 6.07) is 0. The Bertz CT molecular complexity index is 47.7. The summed E-state index contributed by atoms with van der Waals surface area (Å²) >= 11 is 0. The Morgan fingerprint density at radius 3 is 2.62 bits per heavy atom. The lowest BCUT2D eigenvalue weighted by Crippen LogP contribution is -1.95. The SMILES string of the molecule is COCC[CH]C(F)F. The standard InChI is InChI=1S/C5H9F2O/c1-8-4-2-3-5(6)7/h3,5H,2,4H2,1H3. The minimum absolute atomic E-state index is 0.328. The highest BCUT2D eigenvalue weighted by molar-refractivity contribution is 4.65. The molecule has 8 heavy (non-hydrogen) atoms. The number of halogens is 2. The number of hydrogen-bond acceptors (Lipinski definition) is 1. The maximum atomic E-state index is 11.2. The molecule has 49 valence electrons. The van der Waals surface area contributed by atoms with Crippen LogP contribution in [0.3, 0.4) is 0 Å². The minimum Gasteiger partial charge on any atom is -0.385 e. The molecule has 0 aromatic heterocycles. The maximum Gasteiger partial charge on any atom is 0.242 e. The smallest absolute Gasteiger partial charge is 0.242 e. The molecule has 0 aromatic rings. The van der Waals surface area contributed by atoms with Crippen LogP contribution in [0.1, 0.15) is 6.42 Å². The maximum absolute atomic E-state index is 11.2. The van der Waals surface area contributed by atoms with E-state index in [-0.39, 0.29) is 0 Å². The van der Waals surface area contributed by atoms with Gasteiger partial charge in [-0.1, -0.05) is 0 Å². The number of methoxy groups -OCH3 is 1. The lowest BCUT2D eigenvalue weighted by molar-refractivity contribution is 0.157. The fourth-order valence-corrected chi connectivity index (χ4v) is 0.312. The van der Waals surface area contributed by atoms with E-state index in [9.17, 15) is 8.78 Å². The highest BCUT2D eigenvalue weighted by atomic mass is 19.3. The Kier molecular flexibility index (Phi) is 4.85. The molecule has 0 saturated heterocycles. The summed E-state index contributed by atoms with van der Waals surface area (Å²) in [6.07, 6.45) is -1.05. The Labute approximate surface area is 47.6 Å². The van der Waals surface area contributed by atoms with Crippen LogP contribution < -0.4 is 0 Å². The first-order chi connectivity index (χ1) is 3.77. The quantitative estimate of drug-likeness (QED) is 0.514. The van der Waals surface area contributed by atoms with E-state index in [1.165, 1.54) is 7.11 Å². The van der Waals surface area contributed by atoms with E-state index in [1.807, 2.05) is 0 Å². The molecule has 1 nitrogen and oxygen atoms in total. The van der Waals surface area contributed by atoms with Crippen molar-refractivity contribution in [3.8, 4) is 0 Å². The van der Waals surface area contributed by atoms with Crippen LogP contribution in [0, 0.1) is 6.42 Å². The molecule has 0 N–H and O–H groups in total. The van der Waals surface area contributed by atoms with Crippen molar-refractivity contribution in [3.05, 3.63) is 6.42 Å². The first-order valence-corrected chi connectivity index (χ1v) is 2.37. The van der Waals surface area contributed by atoms with Crippen LogP contribution in [0.15, 0.2) is 0 Å². The summed E-state index contributed by atoms with van der Waals surface area (Å²) in [6.45, 7) is 0.379. The summed E-state index contributed by atoms with van der Waals surface area (Å²) in [5, 5.41) is 0. The van der Waals surface area contributed by atoms with Crippen LogP contribution in [-0.4, -0.2) is 20.1 Å². The van der Waals surface area contributed by atoms with Gasteiger partial charge in [0.05, 0.1) is 0 Å². The summed E-state index contributed by atoms with van der Waals surface area (Å²) in [4.78, 5) is 0. The summed E-state index contributed by atoms with van der Waals surface area (Å²) in [5.74, 6) is 0. The molecule has 0 spiro atoms. The van der Waals surface area contributed by atoms with E-state index in [2.05, 4.69) is 4.74 Å². The summed E-state index contributed by atoms with van der Waals surface area (Å²) < 4.78 is 27.0. The molecular formula is C5H9F2O. The zero-order valence-corrected chi connectivity index (χ0v) is 4.73. The first-order valence-electron chi connectivity index (χ1n) is 2.37. The van der Waals surface area contributed by atoms with Gasteiger partial charge >= 0.3 is 0 Å². The molecule has 0 rings (SSSR count). The molecule has 0 fully saturated rings. The van der Waals surface area contributed by atoms with Gasteiger partial charge in [-0.25, -0.2) is 8.78 Å². The molecule has 1 radical (unpaired) electrons. The second-order valence-corrected chi connectivity index (χ2v) is 1.35. The molecule has 0 bridgehead atoms. The summed E-state index contributed by atoms with van der Waals surface area (Å²) in [7, 11) is 1.49. The molecule has 0 unspecified atom stereocenters. The molecular weight excluding hydrogens is 114 g/mol. The van der Waals surface area contributed by atoms with Gasteiger partial charge in [-0.15, -0.1) is 0 Å². The number of hydrogen-bond donors (Lipinski definition) is 0. The van der Waals surface area contributed by atoms with Crippen LogP contribution >= 0.6 is 0 Å². The highest BCUT2D eigenvalue weighted by Crippen LogP contribution is 1.99. The van der Waals surface area contributed by atoms with Crippen LogP contribution in [0.25, 0.3) is 0 Å². The minimum atomic E-state index is -2.30. The Morgan fingerprint density at radius 1 is 1.62 bits per heavy atom. The van der Waals surface area contributed by atoms with Crippen molar-refractivity contribution in [2.24, 2.45) is 0 Å². The van der Waals surface area contributed by atoms with E-state index in [1.54, 1.807) is 0 Å². The zero-order chi connectivity index (χ0) is 6.41. The van der Waals surface area contributed by atoms with E-state index >= 15 is 0 Å². The van der Waals surface area contributed by atoms with Crippen molar-refractivity contribution >= 4 is 0 Å². The van der Waals surface area contributed by atoms with Crippen molar-refractivity contribution < 1.29 is 13.5 Å². The second kappa shape index (κ2) is 4.97. The zero-order valence-electron chi connectivity index (χ0n) is 4.73. The van der Waals surface area contributed by atoms with E-state index < -0.39 is 6.43 Å². The van der Waals surface area contributed by atoms with Gasteiger partial charge in [-0.05, 0) is 6.42 Å². The van der Waals surface area contributed by atoms with Crippen molar-refractivity contribution in [3.63, 3.8) is 0 Å².